The maximum absolute atomic E-state index is 11.2. The van der Waals surface area contributed by atoms with Crippen molar-refractivity contribution >= 4 is 17.1 Å². The predicted molar refractivity (Wildman–Crippen MR) is 80.8 cm³/mol. The second kappa shape index (κ2) is 5.61. The molecule has 0 aliphatic carbocycles. The molecule has 0 aliphatic rings. The molecule has 2 N–H and O–H groups in total. The normalized spacial score (nSPS) is 10.3. The highest BCUT2D eigenvalue weighted by atomic mass is 16.6. The van der Waals surface area contributed by atoms with Crippen LogP contribution in [0.25, 0.3) is 0 Å². The fraction of sp³-hybridized carbons (Fsp3) is 0.200. The van der Waals surface area contributed by atoms with E-state index in [1.54, 1.807) is 18.2 Å². The minimum absolute atomic E-state index is 0.0383. The number of nitrogens with two attached hydrogens (primary N) is 1. The van der Waals surface area contributed by atoms with Crippen molar-refractivity contribution in [3.8, 4) is 0 Å². The van der Waals surface area contributed by atoms with Crippen LogP contribution in [0.4, 0.5) is 17.1 Å². The Kier molecular flexibility index (Phi) is 3.89. The van der Waals surface area contributed by atoms with Crippen molar-refractivity contribution in [2.24, 2.45) is 0 Å². The number of rotatable bonds is 4. The Balaban J connectivity index is 2.35. The molecule has 0 aromatic heterocycles. The minimum atomic E-state index is -0.432. The SMILES string of the molecule is Cc1ccccc1CN(C)c1cccc(N)c1[N+](=O)[O-]. The van der Waals surface area contributed by atoms with E-state index in [9.17, 15) is 10.1 Å². The lowest BCUT2D eigenvalue weighted by Crippen LogP contribution is -2.18. The average molecular weight is 271 g/mol. The van der Waals surface area contributed by atoms with E-state index in [4.69, 9.17) is 5.73 Å². The molecule has 104 valence electrons. The van der Waals surface area contributed by atoms with E-state index in [1.807, 2.05) is 43.1 Å². The summed E-state index contributed by atoms with van der Waals surface area (Å²) in [5, 5.41) is 11.2. The Hall–Kier alpha value is -2.56. The van der Waals surface area contributed by atoms with Gasteiger partial charge in [0.05, 0.1) is 4.92 Å². The molecular formula is C15H17N3O2. The van der Waals surface area contributed by atoms with E-state index in [0.29, 0.717) is 12.2 Å². The van der Waals surface area contributed by atoms with Gasteiger partial charge in [-0.3, -0.25) is 10.1 Å². The predicted octanol–water partition coefficient (Wildman–Crippen LogP) is 3.12. The molecule has 5 nitrogen and oxygen atoms in total. The van der Waals surface area contributed by atoms with Gasteiger partial charge in [-0.25, -0.2) is 0 Å². The molecule has 0 atom stereocenters. The summed E-state index contributed by atoms with van der Waals surface area (Å²) in [6.07, 6.45) is 0. The van der Waals surface area contributed by atoms with Crippen LogP contribution in [0.15, 0.2) is 42.5 Å². The van der Waals surface area contributed by atoms with Gasteiger partial charge in [0.25, 0.3) is 0 Å². The fourth-order valence-electron chi connectivity index (χ4n) is 2.18. The number of nitrogens with zero attached hydrogens (tertiary/aromatic N) is 2. The number of nitrogen functional groups attached to an aromatic ring is 1. The number of aryl methyl sites for hydroxylation is 1. The Morgan fingerprint density at radius 1 is 1.20 bits per heavy atom. The summed E-state index contributed by atoms with van der Waals surface area (Å²) in [6, 6.07) is 13.0. The van der Waals surface area contributed by atoms with Crippen LogP contribution in [-0.4, -0.2) is 12.0 Å². The van der Waals surface area contributed by atoms with Crippen LogP contribution in [0.1, 0.15) is 11.1 Å². The van der Waals surface area contributed by atoms with Gasteiger partial charge in [-0.15, -0.1) is 0 Å². The number of benzene rings is 2. The van der Waals surface area contributed by atoms with E-state index in [1.165, 1.54) is 0 Å². The lowest BCUT2D eigenvalue weighted by atomic mass is 10.1. The first kappa shape index (κ1) is 13.9. The molecule has 0 unspecified atom stereocenters. The Morgan fingerprint density at radius 2 is 1.90 bits per heavy atom. The summed E-state index contributed by atoms with van der Waals surface area (Å²) in [6.45, 7) is 2.62. The summed E-state index contributed by atoms with van der Waals surface area (Å²) < 4.78 is 0. The zero-order chi connectivity index (χ0) is 14.7. The molecule has 5 heteroatoms. The van der Waals surface area contributed by atoms with E-state index in [0.717, 1.165) is 11.1 Å². The third kappa shape index (κ3) is 2.71. The van der Waals surface area contributed by atoms with Gasteiger partial charge < -0.3 is 10.6 Å². The van der Waals surface area contributed by atoms with E-state index >= 15 is 0 Å². The number of anilines is 2. The molecular weight excluding hydrogens is 254 g/mol. The molecule has 2 rings (SSSR count). The van der Waals surface area contributed by atoms with Crippen LogP contribution >= 0.6 is 0 Å². The lowest BCUT2D eigenvalue weighted by molar-refractivity contribution is -0.383. The molecule has 0 fully saturated rings. The smallest absolute Gasteiger partial charge is 0.315 e. The molecule has 0 spiro atoms. The van der Waals surface area contributed by atoms with Crippen LogP contribution < -0.4 is 10.6 Å². The van der Waals surface area contributed by atoms with Crippen molar-refractivity contribution in [3.05, 3.63) is 63.7 Å². The van der Waals surface area contributed by atoms with Gasteiger partial charge in [-0.05, 0) is 30.2 Å². The fourth-order valence-corrected chi connectivity index (χ4v) is 2.18. The number of nitro benzene ring substituents is 1. The van der Waals surface area contributed by atoms with Crippen LogP contribution in [0.5, 0.6) is 0 Å². The van der Waals surface area contributed by atoms with Crippen LogP contribution in [0.2, 0.25) is 0 Å². The van der Waals surface area contributed by atoms with Crippen molar-refractivity contribution in [1.82, 2.24) is 0 Å². The standard InChI is InChI=1S/C15H17N3O2/c1-11-6-3-4-7-12(11)10-17(2)14-9-5-8-13(16)15(14)18(19)20/h3-9H,10,16H2,1-2H3. The highest BCUT2D eigenvalue weighted by Gasteiger charge is 2.20. The second-order valence-electron chi connectivity index (χ2n) is 4.75. The number of nitro groups is 1. The van der Waals surface area contributed by atoms with Gasteiger partial charge in [-0.1, -0.05) is 30.3 Å². The highest BCUT2D eigenvalue weighted by molar-refractivity contribution is 5.75. The summed E-state index contributed by atoms with van der Waals surface area (Å²) >= 11 is 0. The zero-order valence-electron chi connectivity index (χ0n) is 11.5. The van der Waals surface area contributed by atoms with Crippen LogP contribution in [0, 0.1) is 17.0 Å². The highest BCUT2D eigenvalue weighted by Crippen LogP contribution is 2.33. The average Bonchev–Trinajstić information content (AvgIpc) is 2.40. The quantitative estimate of drug-likeness (QED) is 0.527. The molecule has 20 heavy (non-hydrogen) atoms. The maximum Gasteiger partial charge on any atom is 0.315 e. The molecule has 0 amide bonds. The minimum Gasteiger partial charge on any atom is -0.393 e. The Labute approximate surface area is 117 Å². The number of hydrogen-bond donors (Lipinski definition) is 1. The van der Waals surface area contributed by atoms with E-state index < -0.39 is 4.92 Å². The number of para-hydroxylation sites is 1. The summed E-state index contributed by atoms with van der Waals surface area (Å²) in [4.78, 5) is 12.6. The van der Waals surface area contributed by atoms with Crippen molar-refractivity contribution in [2.75, 3.05) is 17.7 Å². The third-order valence-electron chi connectivity index (χ3n) is 3.31. The topological polar surface area (TPSA) is 72.4 Å². The van der Waals surface area contributed by atoms with Crippen molar-refractivity contribution in [1.29, 1.82) is 0 Å². The van der Waals surface area contributed by atoms with Gasteiger partial charge in [0, 0.05) is 13.6 Å². The van der Waals surface area contributed by atoms with Crippen molar-refractivity contribution in [3.63, 3.8) is 0 Å². The zero-order valence-corrected chi connectivity index (χ0v) is 11.5. The lowest BCUT2D eigenvalue weighted by Gasteiger charge is -2.20. The molecule has 0 radical (unpaired) electrons. The van der Waals surface area contributed by atoms with Gasteiger partial charge in [0.1, 0.15) is 11.4 Å². The van der Waals surface area contributed by atoms with Gasteiger partial charge >= 0.3 is 5.69 Å². The van der Waals surface area contributed by atoms with Gasteiger partial charge in [0.15, 0.2) is 0 Å². The molecule has 0 saturated heterocycles. The van der Waals surface area contributed by atoms with Gasteiger partial charge in [-0.2, -0.15) is 0 Å². The Morgan fingerprint density at radius 3 is 2.55 bits per heavy atom. The first-order valence-electron chi connectivity index (χ1n) is 6.29. The molecule has 2 aromatic rings. The summed E-state index contributed by atoms with van der Waals surface area (Å²) in [5.41, 5.74) is 8.68. The largest absolute Gasteiger partial charge is 0.393 e. The monoisotopic (exact) mass is 271 g/mol. The van der Waals surface area contributed by atoms with Crippen LogP contribution in [-0.2, 0) is 6.54 Å². The Bertz CT molecular complexity index is 641. The third-order valence-corrected chi connectivity index (χ3v) is 3.31. The molecule has 0 bridgehead atoms. The van der Waals surface area contributed by atoms with Gasteiger partial charge in [0.2, 0.25) is 0 Å². The first-order chi connectivity index (χ1) is 9.50. The molecule has 0 heterocycles. The molecule has 0 aliphatic heterocycles. The molecule has 2 aromatic carbocycles. The van der Waals surface area contributed by atoms with Crippen LogP contribution in [0.3, 0.4) is 0 Å². The van der Waals surface area contributed by atoms with E-state index in [2.05, 4.69) is 0 Å². The molecule has 0 saturated carbocycles. The second-order valence-corrected chi connectivity index (χ2v) is 4.75. The van der Waals surface area contributed by atoms with Crippen molar-refractivity contribution < 1.29 is 4.92 Å². The first-order valence-corrected chi connectivity index (χ1v) is 6.29. The van der Waals surface area contributed by atoms with E-state index in [-0.39, 0.29) is 11.4 Å². The maximum atomic E-state index is 11.2. The number of hydrogen-bond acceptors (Lipinski definition) is 4. The summed E-state index contributed by atoms with van der Waals surface area (Å²) in [5.74, 6) is 0. The van der Waals surface area contributed by atoms with Crippen molar-refractivity contribution in [2.45, 2.75) is 13.5 Å². The summed E-state index contributed by atoms with van der Waals surface area (Å²) in [7, 11) is 1.83.